The molecule has 1 fully saturated rings. The zero-order valence-electron chi connectivity index (χ0n) is 16.2. The number of nitrogens with one attached hydrogen (secondary N) is 2. The topological polar surface area (TPSA) is 90.8 Å². The fraction of sp³-hybridized carbons (Fsp3) is 0.409. The molecular formula is C22H26N2O4. The largest absolute Gasteiger partial charge is 0.508 e. The van der Waals surface area contributed by atoms with E-state index >= 15 is 0 Å². The van der Waals surface area contributed by atoms with E-state index in [0.717, 1.165) is 19.3 Å². The van der Waals surface area contributed by atoms with Crippen molar-refractivity contribution in [2.45, 2.75) is 44.8 Å². The average Bonchev–Trinajstić information content (AvgIpc) is 3.42. The predicted molar refractivity (Wildman–Crippen MR) is 107 cm³/mol. The Hall–Kier alpha value is -2.57. The monoisotopic (exact) mass is 382 g/mol. The summed E-state index contributed by atoms with van der Waals surface area (Å²) in [5.74, 6) is 0.128. The van der Waals surface area contributed by atoms with E-state index in [-0.39, 0.29) is 23.8 Å². The Morgan fingerprint density at radius 1 is 1.25 bits per heavy atom. The van der Waals surface area contributed by atoms with Crippen molar-refractivity contribution in [3.63, 3.8) is 0 Å². The lowest BCUT2D eigenvalue weighted by Crippen LogP contribution is -2.37. The quantitative estimate of drug-likeness (QED) is 0.617. The number of ether oxygens (including phenoxy) is 1. The molecule has 2 aromatic rings. The molecule has 6 heteroatoms. The van der Waals surface area contributed by atoms with Crippen molar-refractivity contribution in [2.75, 3.05) is 18.5 Å². The van der Waals surface area contributed by atoms with E-state index in [9.17, 15) is 15.0 Å². The Kier molecular flexibility index (Phi) is 4.77. The maximum Gasteiger partial charge on any atom is 0.262 e. The van der Waals surface area contributed by atoms with E-state index in [1.807, 2.05) is 0 Å². The average molecular weight is 382 g/mol. The summed E-state index contributed by atoms with van der Waals surface area (Å²) < 4.78 is 5.51. The smallest absolute Gasteiger partial charge is 0.262 e. The molecule has 148 valence electrons. The standard InChI is InChI=1S/C22H26N2O4/c1-13-4-3-5-14(2)17(13)10-22(6-7-22)23-11-19(26)16-8-15(25)9-18-21(16)28-12-20(27)24-18/h3-5,8-9,19,23,25-26H,6-7,10-12H2,1-2H3,(H,24,27). The summed E-state index contributed by atoms with van der Waals surface area (Å²) in [6.45, 7) is 4.52. The Labute approximate surface area is 164 Å². The molecule has 28 heavy (non-hydrogen) atoms. The summed E-state index contributed by atoms with van der Waals surface area (Å²) in [4.78, 5) is 11.5. The number of carbonyl (C=O) groups is 1. The van der Waals surface area contributed by atoms with Gasteiger partial charge in [0.1, 0.15) is 11.5 Å². The molecule has 1 unspecified atom stereocenters. The fourth-order valence-electron chi connectivity index (χ4n) is 3.92. The third-order valence-electron chi connectivity index (χ3n) is 5.77. The Morgan fingerprint density at radius 2 is 1.96 bits per heavy atom. The van der Waals surface area contributed by atoms with Crippen molar-refractivity contribution in [2.24, 2.45) is 0 Å². The molecule has 1 aliphatic carbocycles. The predicted octanol–water partition coefficient (Wildman–Crippen LogP) is 2.74. The number of phenolic OH excluding ortho intramolecular Hbond substituents is 1. The van der Waals surface area contributed by atoms with E-state index in [1.54, 1.807) is 0 Å². The molecule has 1 aliphatic heterocycles. The lowest BCUT2D eigenvalue weighted by Gasteiger charge is -2.25. The van der Waals surface area contributed by atoms with E-state index in [4.69, 9.17) is 4.74 Å². The molecule has 1 atom stereocenters. The summed E-state index contributed by atoms with van der Waals surface area (Å²) in [5.41, 5.74) is 4.82. The lowest BCUT2D eigenvalue weighted by atomic mass is 9.95. The number of hydrogen-bond donors (Lipinski definition) is 4. The van der Waals surface area contributed by atoms with Crippen LogP contribution in [0.25, 0.3) is 0 Å². The molecular weight excluding hydrogens is 356 g/mol. The van der Waals surface area contributed by atoms with Crippen molar-refractivity contribution in [3.8, 4) is 11.5 Å². The summed E-state index contributed by atoms with van der Waals surface area (Å²) >= 11 is 0. The number of rotatable bonds is 6. The van der Waals surface area contributed by atoms with Gasteiger partial charge in [0.05, 0.1) is 11.8 Å². The van der Waals surface area contributed by atoms with Crippen LogP contribution >= 0.6 is 0 Å². The number of hydrogen-bond acceptors (Lipinski definition) is 5. The highest BCUT2D eigenvalue weighted by Crippen LogP contribution is 2.42. The van der Waals surface area contributed by atoms with Gasteiger partial charge < -0.3 is 25.6 Å². The highest BCUT2D eigenvalue weighted by atomic mass is 16.5. The number of phenols is 1. The van der Waals surface area contributed by atoms with E-state index in [1.165, 1.54) is 28.8 Å². The Balaban J connectivity index is 1.48. The normalized spacial score (nSPS) is 18.0. The van der Waals surface area contributed by atoms with Gasteiger partial charge in [0.2, 0.25) is 0 Å². The van der Waals surface area contributed by atoms with Crippen LogP contribution in [0.3, 0.4) is 0 Å². The number of carbonyl (C=O) groups excluding carboxylic acids is 1. The van der Waals surface area contributed by atoms with Crippen molar-refractivity contribution in [1.29, 1.82) is 0 Å². The van der Waals surface area contributed by atoms with Gasteiger partial charge in [0.15, 0.2) is 6.61 Å². The third kappa shape index (κ3) is 3.70. The molecule has 4 rings (SSSR count). The number of aliphatic hydroxyl groups is 1. The molecule has 2 aromatic carbocycles. The second-order valence-corrected chi connectivity index (χ2v) is 7.97. The molecule has 1 amide bonds. The summed E-state index contributed by atoms with van der Waals surface area (Å²) in [6, 6.07) is 9.28. The number of β-amino-alcohol motifs (C(OH)–C–C–N with tert-alkyl or cyclic N) is 1. The molecule has 6 nitrogen and oxygen atoms in total. The molecule has 2 aliphatic rings. The number of amides is 1. The second-order valence-electron chi connectivity index (χ2n) is 7.97. The van der Waals surface area contributed by atoms with Crippen LogP contribution in [-0.4, -0.2) is 34.8 Å². The maximum atomic E-state index is 11.5. The highest BCUT2D eigenvalue weighted by molar-refractivity contribution is 5.96. The van der Waals surface area contributed by atoms with E-state index < -0.39 is 6.10 Å². The maximum absolute atomic E-state index is 11.5. The van der Waals surface area contributed by atoms with Gasteiger partial charge in [-0.15, -0.1) is 0 Å². The van der Waals surface area contributed by atoms with Crippen LogP contribution in [0, 0.1) is 13.8 Å². The molecule has 0 aromatic heterocycles. The first-order valence-electron chi connectivity index (χ1n) is 9.65. The first-order chi connectivity index (χ1) is 13.4. The lowest BCUT2D eigenvalue weighted by molar-refractivity contribution is -0.118. The van der Waals surface area contributed by atoms with Crippen LogP contribution in [0.5, 0.6) is 11.5 Å². The number of anilines is 1. The van der Waals surface area contributed by atoms with Crippen LogP contribution in [0.15, 0.2) is 30.3 Å². The molecule has 0 saturated heterocycles. The van der Waals surface area contributed by atoms with Crippen LogP contribution in [0.4, 0.5) is 5.69 Å². The van der Waals surface area contributed by atoms with Gasteiger partial charge >= 0.3 is 0 Å². The van der Waals surface area contributed by atoms with Crippen molar-refractivity contribution >= 4 is 11.6 Å². The van der Waals surface area contributed by atoms with Gasteiger partial charge in [-0.05, 0) is 55.9 Å². The Morgan fingerprint density at radius 3 is 2.64 bits per heavy atom. The fourth-order valence-corrected chi connectivity index (χ4v) is 3.92. The molecule has 4 N–H and O–H groups in total. The van der Waals surface area contributed by atoms with Crippen LogP contribution in [0.1, 0.15) is 41.2 Å². The van der Waals surface area contributed by atoms with Gasteiger partial charge in [-0.25, -0.2) is 0 Å². The van der Waals surface area contributed by atoms with E-state index in [2.05, 4.69) is 42.7 Å². The second kappa shape index (κ2) is 7.11. The number of fused-ring (bicyclic) bond motifs is 1. The van der Waals surface area contributed by atoms with Gasteiger partial charge in [0, 0.05) is 23.7 Å². The Bertz CT molecular complexity index is 901. The first-order valence-corrected chi connectivity index (χ1v) is 9.65. The molecule has 0 bridgehead atoms. The zero-order valence-corrected chi connectivity index (χ0v) is 16.2. The van der Waals surface area contributed by atoms with Crippen molar-refractivity contribution < 1.29 is 19.7 Å². The van der Waals surface area contributed by atoms with Gasteiger partial charge in [-0.3, -0.25) is 4.79 Å². The third-order valence-corrected chi connectivity index (χ3v) is 5.77. The molecule has 1 heterocycles. The number of aromatic hydroxyl groups is 1. The zero-order chi connectivity index (χ0) is 19.9. The van der Waals surface area contributed by atoms with Crippen molar-refractivity contribution in [1.82, 2.24) is 5.32 Å². The van der Waals surface area contributed by atoms with Gasteiger partial charge in [-0.1, -0.05) is 18.2 Å². The van der Waals surface area contributed by atoms with Crippen LogP contribution < -0.4 is 15.4 Å². The molecule has 1 saturated carbocycles. The van der Waals surface area contributed by atoms with Crippen molar-refractivity contribution in [3.05, 3.63) is 52.6 Å². The van der Waals surface area contributed by atoms with Gasteiger partial charge in [0.25, 0.3) is 5.91 Å². The van der Waals surface area contributed by atoms with Crippen LogP contribution in [0.2, 0.25) is 0 Å². The minimum Gasteiger partial charge on any atom is -0.508 e. The van der Waals surface area contributed by atoms with Crippen LogP contribution in [-0.2, 0) is 11.2 Å². The SMILES string of the molecule is Cc1cccc(C)c1CC1(NCC(O)c2cc(O)cc3c2OCC(=O)N3)CC1. The minimum absolute atomic E-state index is 0.00378. The minimum atomic E-state index is -0.855. The first kappa shape index (κ1) is 18.8. The van der Waals surface area contributed by atoms with Gasteiger partial charge in [-0.2, -0.15) is 0 Å². The number of aryl methyl sites for hydroxylation is 2. The molecule has 0 spiro atoms. The summed E-state index contributed by atoms with van der Waals surface area (Å²) in [6.07, 6.45) is 2.21. The van der Waals surface area contributed by atoms with E-state index in [0.29, 0.717) is 23.5 Å². The number of benzene rings is 2. The summed E-state index contributed by atoms with van der Waals surface area (Å²) in [5, 5.41) is 26.9. The number of aliphatic hydroxyl groups excluding tert-OH is 1. The highest BCUT2D eigenvalue weighted by Gasteiger charge is 2.43. The summed E-state index contributed by atoms with van der Waals surface area (Å²) in [7, 11) is 0. The molecule has 0 radical (unpaired) electrons.